The number of rotatable bonds is 8. The van der Waals surface area contributed by atoms with Crippen molar-refractivity contribution in [2.75, 3.05) is 0 Å². The van der Waals surface area contributed by atoms with Crippen molar-refractivity contribution in [3.05, 3.63) is 265 Å². The minimum atomic E-state index is 0.514. The van der Waals surface area contributed by atoms with Crippen molar-refractivity contribution in [3.63, 3.8) is 0 Å². The first-order chi connectivity index (χ1) is 40.0. The Kier molecular flexibility index (Phi) is 10.9. The van der Waals surface area contributed by atoms with E-state index in [9.17, 15) is 15.8 Å². The van der Waals surface area contributed by atoms with Crippen LogP contribution in [-0.4, -0.2) is 0 Å². The molecule has 3 heterocycles. The summed E-state index contributed by atoms with van der Waals surface area (Å²) in [5, 5.41) is 38.7. The lowest BCUT2D eigenvalue weighted by Crippen LogP contribution is -1.92. The number of hydrogen-bond donors (Lipinski definition) is 0. The van der Waals surface area contributed by atoms with Crippen LogP contribution in [0.5, 0.6) is 0 Å². The molecule has 0 aliphatic carbocycles. The minimum absolute atomic E-state index is 0.514. The zero-order chi connectivity index (χ0) is 54.1. The van der Waals surface area contributed by atoms with Crippen LogP contribution in [0.25, 0.3) is 155 Å². The third kappa shape index (κ3) is 7.85. The standard InChI is InChI=1S/C75H41N3O3/c76-42-55-36-49(61-19-9-22-67-64-16-1-4-25-70(64)79-73(61)67)28-31-58(55)47-14-7-12-45(34-47)52-39-53(41-54(40-52)60-33-30-51(38-57(60)44-78)63-21-11-24-69-66-18-3-6-27-72(66)81-75(63)69)46-13-8-15-48(35-46)59-32-29-50(37-56(59)43-77)62-20-10-23-68-65-17-2-5-26-71(65)80-74(62)68/h1-41H. The maximum Gasteiger partial charge on any atom is 0.143 e. The molecule has 0 N–H and O–H groups in total. The van der Waals surface area contributed by atoms with Gasteiger partial charge in [-0.25, -0.2) is 0 Å². The van der Waals surface area contributed by atoms with Gasteiger partial charge >= 0.3 is 0 Å². The molecule has 0 aliphatic rings. The quantitative estimate of drug-likeness (QED) is 0.150. The Morgan fingerprint density at radius 1 is 0.210 bits per heavy atom. The second-order valence-electron chi connectivity index (χ2n) is 20.4. The van der Waals surface area contributed by atoms with Crippen LogP contribution in [-0.2, 0) is 0 Å². The Morgan fingerprint density at radius 3 is 0.864 bits per heavy atom. The van der Waals surface area contributed by atoms with E-state index in [2.05, 4.69) is 115 Å². The van der Waals surface area contributed by atoms with Crippen molar-refractivity contribution in [3.8, 4) is 107 Å². The molecule has 0 fully saturated rings. The molecule has 0 saturated carbocycles. The number of nitrogens with zero attached hydrogens (tertiary/aromatic N) is 3. The van der Waals surface area contributed by atoms with Gasteiger partial charge in [-0.2, -0.15) is 15.8 Å². The maximum atomic E-state index is 11.0. The fourth-order valence-corrected chi connectivity index (χ4v) is 11.9. The molecule has 0 spiro atoms. The van der Waals surface area contributed by atoms with E-state index in [0.29, 0.717) is 16.7 Å². The van der Waals surface area contributed by atoms with Crippen molar-refractivity contribution < 1.29 is 13.3 Å². The highest BCUT2D eigenvalue weighted by Gasteiger charge is 2.20. The lowest BCUT2D eigenvalue weighted by Gasteiger charge is -2.15. The second-order valence-corrected chi connectivity index (χ2v) is 20.4. The van der Waals surface area contributed by atoms with E-state index < -0.39 is 0 Å². The van der Waals surface area contributed by atoms with E-state index in [0.717, 1.165) is 155 Å². The van der Waals surface area contributed by atoms with E-state index >= 15 is 0 Å². The van der Waals surface area contributed by atoms with Gasteiger partial charge in [-0.05, 0) is 139 Å². The molecule has 0 bridgehead atoms. The summed E-state index contributed by atoms with van der Waals surface area (Å²) in [7, 11) is 0. The molecule has 0 saturated heterocycles. The van der Waals surface area contributed by atoms with E-state index in [4.69, 9.17) is 13.3 Å². The summed E-state index contributed by atoms with van der Waals surface area (Å²) in [6.45, 7) is 0. The Balaban J connectivity index is 0.845. The van der Waals surface area contributed by atoms with E-state index in [1.165, 1.54) is 0 Å². The van der Waals surface area contributed by atoms with Gasteiger partial charge in [0.15, 0.2) is 0 Å². The lowest BCUT2D eigenvalue weighted by atomic mass is 9.88. The number of fused-ring (bicyclic) bond motifs is 9. The van der Waals surface area contributed by atoms with Crippen LogP contribution in [0.1, 0.15) is 16.7 Å². The Bertz CT molecular complexity index is 5010. The molecule has 15 aromatic rings. The minimum Gasteiger partial charge on any atom is -0.455 e. The van der Waals surface area contributed by atoms with Gasteiger partial charge in [0.05, 0.1) is 34.9 Å². The molecule has 81 heavy (non-hydrogen) atoms. The van der Waals surface area contributed by atoms with Gasteiger partial charge in [0.25, 0.3) is 0 Å². The Labute approximate surface area is 465 Å². The van der Waals surface area contributed by atoms with Gasteiger partial charge in [0, 0.05) is 49.0 Å². The first kappa shape index (κ1) is 46.8. The maximum absolute atomic E-state index is 11.0. The third-order valence-electron chi connectivity index (χ3n) is 15.8. The number of hydrogen-bond acceptors (Lipinski definition) is 6. The number of furan rings is 3. The van der Waals surface area contributed by atoms with Gasteiger partial charge in [0.2, 0.25) is 0 Å². The van der Waals surface area contributed by atoms with Crippen LogP contribution in [0.15, 0.2) is 262 Å². The molecule has 0 aliphatic heterocycles. The Hall–Kier alpha value is -11.5. The summed E-state index contributed by atoms with van der Waals surface area (Å²) < 4.78 is 19.2. The van der Waals surface area contributed by atoms with Gasteiger partial charge in [-0.3, -0.25) is 0 Å². The first-order valence-electron chi connectivity index (χ1n) is 26.7. The second kappa shape index (κ2) is 18.9. The molecule has 6 nitrogen and oxygen atoms in total. The van der Waals surface area contributed by atoms with E-state index in [1.54, 1.807) is 0 Å². The Morgan fingerprint density at radius 2 is 0.494 bits per heavy atom. The third-order valence-corrected chi connectivity index (χ3v) is 15.8. The van der Waals surface area contributed by atoms with Gasteiger partial charge in [0.1, 0.15) is 33.5 Å². The number of para-hydroxylation sites is 6. The first-order valence-corrected chi connectivity index (χ1v) is 26.7. The van der Waals surface area contributed by atoms with Crippen molar-refractivity contribution in [2.45, 2.75) is 0 Å². The summed E-state index contributed by atoms with van der Waals surface area (Å²) >= 11 is 0. The fourth-order valence-electron chi connectivity index (χ4n) is 11.9. The zero-order valence-electron chi connectivity index (χ0n) is 43.2. The molecule has 374 valence electrons. The van der Waals surface area contributed by atoms with Crippen molar-refractivity contribution in [1.29, 1.82) is 15.8 Å². The van der Waals surface area contributed by atoms with Crippen molar-refractivity contribution in [1.82, 2.24) is 0 Å². The highest BCUT2D eigenvalue weighted by molar-refractivity contribution is 6.12. The van der Waals surface area contributed by atoms with E-state index in [-0.39, 0.29) is 0 Å². The SMILES string of the molecule is N#Cc1cc(-c2cccc3c2oc2ccccc23)ccc1-c1cccc(-c2cc(-c3cccc(-c4ccc(-c5cccc6c5oc5ccccc56)cc4C#N)c3)cc(-c3ccc(-c4cccc5c4oc4ccccc45)cc3C#N)c2)c1. The van der Waals surface area contributed by atoms with Gasteiger partial charge in [-0.1, -0.05) is 182 Å². The molecule has 3 aromatic heterocycles. The average Bonchev–Trinajstić information content (AvgIpc) is 4.27. The molecular weight excluding hydrogens is 991 g/mol. The summed E-state index contributed by atoms with van der Waals surface area (Å²) in [6, 6.07) is 91.2. The lowest BCUT2D eigenvalue weighted by molar-refractivity contribution is 0.669. The van der Waals surface area contributed by atoms with Crippen molar-refractivity contribution in [2.24, 2.45) is 0 Å². The average molecular weight is 1030 g/mol. The fraction of sp³-hybridized carbons (Fsp3) is 0. The van der Waals surface area contributed by atoms with Gasteiger partial charge in [-0.15, -0.1) is 0 Å². The van der Waals surface area contributed by atoms with Crippen molar-refractivity contribution >= 4 is 65.8 Å². The summed E-state index contributed by atoms with van der Waals surface area (Å²) in [5.74, 6) is 0. The highest BCUT2D eigenvalue weighted by atomic mass is 16.3. The molecule has 15 rings (SSSR count). The predicted octanol–water partition coefficient (Wildman–Crippen LogP) is 20.3. The summed E-state index contributed by atoms with van der Waals surface area (Å²) in [5.41, 5.74) is 20.5. The number of nitriles is 3. The van der Waals surface area contributed by atoms with Gasteiger partial charge < -0.3 is 13.3 Å². The van der Waals surface area contributed by atoms with Crippen LogP contribution < -0.4 is 0 Å². The van der Waals surface area contributed by atoms with Crippen LogP contribution in [0, 0.1) is 34.0 Å². The zero-order valence-corrected chi connectivity index (χ0v) is 43.2. The molecule has 0 amide bonds. The van der Waals surface area contributed by atoms with Crippen LogP contribution in [0.4, 0.5) is 0 Å². The molecule has 0 radical (unpaired) electrons. The molecule has 12 aromatic carbocycles. The molecular formula is C75H41N3O3. The highest BCUT2D eigenvalue weighted by Crippen LogP contribution is 2.43. The van der Waals surface area contributed by atoms with Crippen LogP contribution >= 0.6 is 0 Å². The molecule has 0 atom stereocenters. The largest absolute Gasteiger partial charge is 0.455 e. The predicted molar refractivity (Wildman–Crippen MR) is 326 cm³/mol. The normalized spacial score (nSPS) is 11.4. The monoisotopic (exact) mass is 1030 g/mol. The summed E-state index contributed by atoms with van der Waals surface area (Å²) in [4.78, 5) is 0. The molecule has 6 heteroatoms. The van der Waals surface area contributed by atoms with E-state index in [1.807, 2.05) is 152 Å². The molecule has 0 unspecified atom stereocenters. The topological polar surface area (TPSA) is 111 Å². The summed E-state index contributed by atoms with van der Waals surface area (Å²) in [6.07, 6.45) is 0. The van der Waals surface area contributed by atoms with Crippen LogP contribution in [0.3, 0.4) is 0 Å². The van der Waals surface area contributed by atoms with Crippen LogP contribution in [0.2, 0.25) is 0 Å². The smallest absolute Gasteiger partial charge is 0.143 e. The number of benzene rings is 12.